The van der Waals surface area contributed by atoms with Crippen LogP contribution >= 0.6 is 0 Å². The molecule has 0 spiro atoms. The molecule has 0 saturated heterocycles. The molecule has 1 aliphatic heterocycles. The summed E-state index contributed by atoms with van der Waals surface area (Å²) in [4.78, 5) is 33.1. The topological polar surface area (TPSA) is 131 Å². The third-order valence-corrected chi connectivity index (χ3v) is 3.46. The van der Waals surface area contributed by atoms with Gasteiger partial charge < -0.3 is 24.5 Å². The van der Waals surface area contributed by atoms with Gasteiger partial charge in [-0.3, -0.25) is 4.90 Å². The monoisotopic (exact) mass is 351 g/mol. The number of fused-ring (bicyclic) bond motifs is 1. The molecule has 10 heteroatoms. The zero-order valence-corrected chi connectivity index (χ0v) is 13.6. The van der Waals surface area contributed by atoms with Gasteiger partial charge >= 0.3 is 12.1 Å². The number of nitrogens with zero attached hydrogens (tertiary/aromatic N) is 3. The first kappa shape index (κ1) is 18.0. The van der Waals surface area contributed by atoms with Crippen molar-refractivity contribution in [1.82, 2.24) is 9.88 Å². The van der Waals surface area contributed by atoms with Gasteiger partial charge in [0.15, 0.2) is 6.04 Å². The molecule has 10 nitrogen and oxygen atoms in total. The van der Waals surface area contributed by atoms with Crippen molar-refractivity contribution in [3.05, 3.63) is 29.8 Å². The summed E-state index contributed by atoms with van der Waals surface area (Å²) in [5.41, 5.74) is 0.562. The molecule has 2 N–H and O–H groups in total. The van der Waals surface area contributed by atoms with Crippen LogP contribution in [0.3, 0.4) is 0 Å². The Labute approximate surface area is 142 Å². The van der Waals surface area contributed by atoms with Crippen LogP contribution < -0.4 is 9.47 Å². The SMILES string of the molecule is C=CCON=C1CN(C(=O)O)C(C(=O)O)c2cc(OC)nc(OC)c21. The van der Waals surface area contributed by atoms with Crippen LogP contribution in [0.4, 0.5) is 4.79 Å². The Balaban J connectivity index is 2.71. The van der Waals surface area contributed by atoms with E-state index in [9.17, 15) is 19.8 Å². The quantitative estimate of drug-likeness (QED) is 0.443. The van der Waals surface area contributed by atoms with Crippen molar-refractivity contribution in [1.29, 1.82) is 0 Å². The van der Waals surface area contributed by atoms with Crippen molar-refractivity contribution in [2.45, 2.75) is 6.04 Å². The summed E-state index contributed by atoms with van der Waals surface area (Å²) in [5.74, 6) is -1.20. The minimum absolute atomic E-state index is 0.0617. The summed E-state index contributed by atoms with van der Waals surface area (Å²) in [7, 11) is 2.70. The van der Waals surface area contributed by atoms with Crippen LogP contribution in [0.15, 0.2) is 23.9 Å². The first-order valence-electron chi connectivity index (χ1n) is 7.10. The molecule has 25 heavy (non-hydrogen) atoms. The van der Waals surface area contributed by atoms with Gasteiger partial charge in [-0.1, -0.05) is 17.8 Å². The average Bonchev–Trinajstić information content (AvgIpc) is 2.59. The molecule has 1 aliphatic rings. The predicted molar refractivity (Wildman–Crippen MR) is 85.1 cm³/mol. The van der Waals surface area contributed by atoms with Gasteiger partial charge in [0.25, 0.3) is 0 Å². The Bertz CT molecular complexity index is 732. The maximum absolute atomic E-state index is 11.7. The molecule has 0 aliphatic carbocycles. The molecule has 134 valence electrons. The van der Waals surface area contributed by atoms with Crippen molar-refractivity contribution >= 4 is 17.8 Å². The first-order valence-corrected chi connectivity index (χ1v) is 7.10. The summed E-state index contributed by atoms with van der Waals surface area (Å²) in [6.07, 6.45) is 0.0518. The molecule has 2 rings (SSSR count). The van der Waals surface area contributed by atoms with Crippen molar-refractivity contribution in [2.75, 3.05) is 27.4 Å². The lowest BCUT2D eigenvalue weighted by atomic mass is 9.92. The molecule has 0 bridgehead atoms. The minimum Gasteiger partial charge on any atom is -0.481 e. The van der Waals surface area contributed by atoms with Crippen LogP contribution in [0.5, 0.6) is 11.8 Å². The van der Waals surface area contributed by atoms with Crippen LogP contribution in [0.2, 0.25) is 0 Å². The fraction of sp³-hybridized carbons (Fsp3) is 0.333. The van der Waals surface area contributed by atoms with E-state index in [2.05, 4.69) is 16.7 Å². The lowest BCUT2D eigenvalue weighted by Crippen LogP contribution is -2.46. The Hall–Kier alpha value is -3.30. The lowest BCUT2D eigenvalue weighted by Gasteiger charge is -2.33. The van der Waals surface area contributed by atoms with E-state index in [0.29, 0.717) is 0 Å². The zero-order valence-electron chi connectivity index (χ0n) is 13.6. The summed E-state index contributed by atoms with van der Waals surface area (Å²) in [5, 5.41) is 22.8. The molecule has 1 amide bonds. The molecule has 0 saturated carbocycles. The second-order valence-electron chi connectivity index (χ2n) is 4.91. The van der Waals surface area contributed by atoms with E-state index >= 15 is 0 Å². The van der Waals surface area contributed by atoms with Gasteiger partial charge in [0.1, 0.15) is 12.3 Å². The van der Waals surface area contributed by atoms with E-state index in [1.54, 1.807) is 0 Å². The van der Waals surface area contributed by atoms with Gasteiger partial charge in [-0.15, -0.1) is 0 Å². The highest BCUT2D eigenvalue weighted by Gasteiger charge is 2.41. The average molecular weight is 351 g/mol. The minimum atomic E-state index is -1.46. The summed E-state index contributed by atoms with van der Waals surface area (Å²) in [6, 6.07) is -0.119. The van der Waals surface area contributed by atoms with E-state index < -0.39 is 18.1 Å². The van der Waals surface area contributed by atoms with Crippen molar-refractivity contribution in [3.8, 4) is 11.8 Å². The van der Waals surface area contributed by atoms with Gasteiger partial charge in [0.2, 0.25) is 11.8 Å². The Morgan fingerprint density at radius 3 is 2.68 bits per heavy atom. The summed E-state index contributed by atoms with van der Waals surface area (Å²) in [6.45, 7) is 3.29. The largest absolute Gasteiger partial charge is 0.481 e. The van der Waals surface area contributed by atoms with E-state index in [-0.39, 0.29) is 41.8 Å². The number of carboxylic acid groups (broad SMARTS) is 2. The van der Waals surface area contributed by atoms with Crippen LogP contribution in [0.25, 0.3) is 0 Å². The standard InChI is InChI=1S/C15H17N3O7/c1-4-5-25-17-9-7-18(15(21)22)12(14(19)20)8-6-10(23-2)16-13(24-3)11(8)9/h4,6,12H,1,5,7H2,2-3H3,(H,19,20)(H,21,22). The molecule has 0 radical (unpaired) electrons. The van der Waals surface area contributed by atoms with Crippen LogP contribution in [-0.2, 0) is 9.63 Å². The maximum Gasteiger partial charge on any atom is 0.408 e. The van der Waals surface area contributed by atoms with E-state index in [0.717, 1.165) is 4.90 Å². The Kier molecular flexibility index (Phi) is 5.42. The Morgan fingerprint density at radius 2 is 2.16 bits per heavy atom. The van der Waals surface area contributed by atoms with E-state index in [1.807, 2.05) is 0 Å². The van der Waals surface area contributed by atoms with Crippen molar-refractivity contribution in [3.63, 3.8) is 0 Å². The summed E-state index contributed by atoms with van der Waals surface area (Å²) >= 11 is 0. The predicted octanol–water partition coefficient (Wildman–Crippen LogP) is 1.12. The molecular weight excluding hydrogens is 334 g/mol. The van der Waals surface area contributed by atoms with Gasteiger partial charge in [0, 0.05) is 11.6 Å². The second kappa shape index (κ2) is 7.51. The smallest absolute Gasteiger partial charge is 0.408 e. The second-order valence-corrected chi connectivity index (χ2v) is 4.91. The van der Waals surface area contributed by atoms with Crippen LogP contribution in [0, 0.1) is 0 Å². The number of rotatable bonds is 6. The fourth-order valence-electron chi connectivity index (χ4n) is 2.46. The third-order valence-electron chi connectivity index (χ3n) is 3.46. The summed E-state index contributed by atoms with van der Waals surface area (Å²) < 4.78 is 10.3. The number of carbonyl (C=O) groups is 2. The number of amides is 1. The highest BCUT2D eigenvalue weighted by Crippen LogP contribution is 2.37. The number of hydrogen-bond donors (Lipinski definition) is 2. The number of aromatic nitrogens is 1. The third kappa shape index (κ3) is 3.47. The fourth-order valence-corrected chi connectivity index (χ4v) is 2.46. The van der Waals surface area contributed by atoms with Crippen molar-refractivity contribution in [2.24, 2.45) is 5.16 Å². The van der Waals surface area contributed by atoms with Crippen molar-refractivity contribution < 1.29 is 34.1 Å². The molecule has 0 aromatic carbocycles. The molecule has 1 aromatic heterocycles. The van der Waals surface area contributed by atoms with E-state index in [4.69, 9.17) is 14.3 Å². The number of pyridine rings is 1. The molecule has 1 aromatic rings. The number of ether oxygens (including phenoxy) is 2. The first-order chi connectivity index (χ1) is 11.9. The van der Waals surface area contributed by atoms with Gasteiger partial charge in [-0.2, -0.15) is 4.98 Å². The van der Waals surface area contributed by atoms with E-state index in [1.165, 1.54) is 26.4 Å². The number of carboxylic acids is 1. The highest BCUT2D eigenvalue weighted by atomic mass is 16.6. The van der Waals surface area contributed by atoms with Gasteiger partial charge in [-0.25, -0.2) is 9.59 Å². The Morgan fingerprint density at radius 1 is 1.44 bits per heavy atom. The molecule has 1 unspecified atom stereocenters. The van der Waals surface area contributed by atoms with Gasteiger partial charge in [0.05, 0.1) is 26.3 Å². The molecule has 1 atom stereocenters. The lowest BCUT2D eigenvalue weighted by molar-refractivity contribution is -0.142. The number of oxime groups is 1. The zero-order chi connectivity index (χ0) is 18.6. The maximum atomic E-state index is 11.7. The highest BCUT2D eigenvalue weighted by molar-refractivity contribution is 6.09. The number of hydrogen-bond acceptors (Lipinski definition) is 7. The number of aliphatic carboxylic acids is 1. The molecule has 0 fully saturated rings. The van der Waals surface area contributed by atoms with Crippen LogP contribution in [0.1, 0.15) is 17.2 Å². The van der Waals surface area contributed by atoms with Crippen LogP contribution in [-0.4, -0.2) is 65.2 Å². The molecule has 2 heterocycles. The number of methoxy groups -OCH3 is 2. The normalized spacial score (nSPS) is 17.6. The molecular formula is C15H17N3O7. The van der Waals surface area contributed by atoms with Gasteiger partial charge in [-0.05, 0) is 0 Å².